The van der Waals surface area contributed by atoms with Crippen molar-refractivity contribution < 1.29 is 4.74 Å². The first-order valence-corrected chi connectivity index (χ1v) is 7.06. The van der Waals surface area contributed by atoms with Crippen molar-refractivity contribution in [3.05, 3.63) is 42.0 Å². The molecule has 0 spiro atoms. The van der Waals surface area contributed by atoms with Crippen LogP contribution in [0.1, 0.15) is 25.8 Å². The first kappa shape index (κ1) is 14.4. The fourth-order valence-corrected chi connectivity index (χ4v) is 2.17. The molecule has 2 nitrogen and oxygen atoms in total. The fourth-order valence-electron chi connectivity index (χ4n) is 2.17. The van der Waals surface area contributed by atoms with E-state index < -0.39 is 0 Å². The Morgan fingerprint density at radius 1 is 1.25 bits per heavy atom. The molecule has 0 unspecified atom stereocenters. The SMILES string of the molecule is C#CCOc1ccc2ccccc2c1CN[C@H](C)CC. The lowest BCUT2D eigenvalue weighted by molar-refractivity contribution is 0.364. The molecule has 0 bridgehead atoms. The van der Waals surface area contributed by atoms with Crippen molar-refractivity contribution in [1.29, 1.82) is 0 Å². The summed E-state index contributed by atoms with van der Waals surface area (Å²) >= 11 is 0. The van der Waals surface area contributed by atoms with Gasteiger partial charge < -0.3 is 10.1 Å². The van der Waals surface area contributed by atoms with E-state index in [1.807, 2.05) is 6.07 Å². The van der Waals surface area contributed by atoms with Crippen LogP contribution in [0.2, 0.25) is 0 Å². The van der Waals surface area contributed by atoms with Gasteiger partial charge in [0.25, 0.3) is 0 Å². The molecule has 1 N–H and O–H groups in total. The van der Waals surface area contributed by atoms with Gasteiger partial charge in [0.1, 0.15) is 12.4 Å². The Morgan fingerprint density at radius 2 is 2.05 bits per heavy atom. The highest BCUT2D eigenvalue weighted by Crippen LogP contribution is 2.28. The predicted octanol–water partition coefficient (Wildman–Crippen LogP) is 3.74. The average molecular weight is 267 g/mol. The molecule has 0 heterocycles. The third-order valence-electron chi connectivity index (χ3n) is 3.55. The molecule has 0 aliphatic rings. The lowest BCUT2D eigenvalue weighted by atomic mass is 10.0. The monoisotopic (exact) mass is 267 g/mol. The van der Waals surface area contributed by atoms with Gasteiger partial charge in [-0.05, 0) is 30.2 Å². The quantitative estimate of drug-likeness (QED) is 0.805. The third kappa shape index (κ3) is 3.31. The molecule has 0 aliphatic carbocycles. The summed E-state index contributed by atoms with van der Waals surface area (Å²) in [6.45, 7) is 5.45. The van der Waals surface area contributed by atoms with Crippen LogP contribution in [0.15, 0.2) is 36.4 Å². The molecule has 0 fully saturated rings. The smallest absolute Gasteiger partial charge is 0.148 e. The zero-order valence-electron chi connectivity index (χ0n) is 12.1. The van der Waals surface area contributed by atoms with E-state index in [1.54, 1.807) is 0 Å². The highest BCUT2D eigenvalue weighted by molar-refractivity contribution is 5.87. The van der Waals surface area contributed by atoms with Gasteiger partial charge in [-0.3, -0.25) is 0 Å². The van der Waals surface area contributed by atoms with Crippen molar-refractivity contribution in [3.8, 4) is 18.1 Å². The molecule has 0 aliphatic heterocycles. The largest absolute Gasteiger partial charge is 0.481 e. The minimum Gasteiger partial charge on any atom is -0.481 e. The Bertz CT molecular complexity index is 612. The molecule has 2 aromatic carbocycles. The summed E-state index contributed by atoms with van der Waals surface area (Å²) < 4.78 is 5.68. The molecule has 2 rings (SSSR count). The number of hydrogen-bond donors (Lipinski definition) is 1. The number of fused-ring (bicyclic) bond motifs is 1. The van der Waals surface area contributed by atoms with Crippen LogP contribution in [0.3, 0.4) is 0 Å². The van der Waals surface area contributed by atoms with Crippen molar-refractivity contribution in [3.63, 3.8) is 0 Å². The molecule has 0 saturated carbocycles. The van der Waals surface area contributed by atoms with Crippen LogP contribution < -0.4 is 10.1 Å². The summed E-state index contributed by atoms with van der Waals surface area (Å²) in [5.41, 5.74) is 1.18. The Hall–Kier alpha value is -1.98. The van der Waals surface area contributed by atoms with Gasteiger partial charge in [0.2, 0.25) is 0 Å². The molecule has 0 saturated heterocycles. The van der Waals surface area contributed by atoms with Gasteiger partial charge in [-0.15, -0.1) is 6.42 Å². The summed E-state index contributed by atoms with van der Waals surface area (Å²) in [5, 5.41) is 5.97. The van der Waals surface area contributed by atoms with E-state index in [0.29, 0.717) is 12.6 Å². The summed E-state index contributed by atoms with van der Waals surface area (Å²) in [4.78, 5) is 0. The molecule has 2 heteroatoms. The summed E-state index contributed by atoms with van der Waals surface area (Å²) in [7, 11) is 0. The van der Waals surface area contributed by atoms with E-state index in [0.717, 1.165) is 18.7 Å². The van der Waals surface area contributed by atoms with E-state index in [-0.39, 0.29) is 0 Å². The molecule has 20 heavy (non-hydrogen) atoms. The van der Waals surface area contributed by atoms with Crippen molar-refractivity contribution in [2.24, 2.45) is 0 Å². The predicted molar refractivity (Wildman–Crippen MR) is 84.9 cm³/mol. The maximum absolute atomic E-state index is 5.68. The second-order valence-electron chi connectivity index (χ2n) is 4.95. The van der Waals surface area contributed by atoms with Gasteiger partial charge >= 0.3 is 0 Å². The lowest BCUT2D eigenvalue weighted by Crippen LogP contribution is -2.24. The molecule has 0 aromatic heterocycles. The lowest BCUT2D eigenvalue weighted by Gasteiger charge is -2.16. The average Bonchev–Trinajstić information content (AvgIpc) is 2.50. The van der Waals surface area contributed by atoms with E-state index in [1.165, 1.54) is 16.3 Å². The summed E-state index contributed by atoms with van der Waals surface area (Å²) in [6, 6.07) is 12.9. The first-order valence-electron chi connectivity index (χ1n) is 7.06. The molecule has 0 radical (unpaired) electrons. The highest BCUT2D eigenvalue weighted by atomic mass is 16.5. The minimum absolute atomic E-state index is 0.300. The van der Waals surface area contributed by atoms with Crippen LogP contribution in [0, 0.1) is 12.3 Å². The van der Waals surface area contributed by atoms with Crippen LogP contribution in [-0.2, 0) is 6.54 Å². The fraction of sp³-hybridized carbons (Fsp3) is 0.333. The van der Waals surface area contributed by atoms with Gasteiger partial charge in [-0.25, -0.2) is 0 Å². The molecule has 0 amide bonds. The van der Waals surface area contributed by atoms with Gasteiger partial charge in [-0.2, -0.15) is 0 Å². The minimum atomic E-state index is 0.300. The second-order valence-corrected chi connectivity index (χ2v) is 4.95. The normalized spacial score (nSPS) is 12.1. The van der Waals surface area contributed by atoms with Crippen LogP contribution in [0.4, 0.5) is 0 Å². The maximum atomic E-state index is 5.68. The molecule has 2 aromatic rings. The highest BCUT2D eigenvalue weighted by Gasteiger charge is 2.09. The number of rotatable bonds is 6. The summed E-state index contributed by atoms with van der Waals surface area (Å²) in [6.07, 6.45) is 6.39. The Morgan fingerprint density at radius 3 is 2.80 bits per heavy atom. The van der Waals surface area contributed by atoms with Crippen LogP contribution in [-0.4, -0.2) is 12.6 Å². The van der Waals surface area contributed by atoms with Crippen LogP contribution in [0.5, 0.6) is 5.75 Å². The molecule has 104 valence electrons. The molecule has 1 atom stereocenters. The van der Waals surface area contributed by atoms with E-state index in [2.05, 4.69) is 55.4 Å². The number of hydrogen-bond acceptors (Lipinski definition) is 2. The van der Waals surface area contributed by atoms with Crippen LogP contribution >= 0.6 is 0 Å². The van der Waals surface area contributed by atoms with Crippen LogP contribution in [0.25, 0.3) is 10.8 Å². The topological polar surface area (TPSA) is 21.3 Å². The Balaban J connectivity index is 2.36. The van der Waals surface area contributed by atoms with Gasteiger partial charge in [0.05, 0.1) is 0 Å². The van der Waals surface area contributed by atoms with E-state index in [4.69, 9.17) is 11.2 Å². The Labute approximate surface area is 121 Å². The first-order chi connectivity index (χ1) is 9.76. The zero-order chi connectivity index (χ0) is 14.4. The third-order valence-corrected chi connectivity index (χ3v) is 3.55. The molecular weight excluding hydrogens is 246 g/mol. The Kier molecular flexibility index (Phi) is 5.03. The van der Waals surface area contributed by atoms with Crippen molar-refractivity contribution in [2.45, 2.75) is 32.9 Å². The standard InChI is InChI=1S/C18H21NO/c1-4-12-20-18-11-10-15-8-6-7-9-16(15)17(18)13-19-14(3)5-2/h1,6-11,14,19H,5,12-13H2,2-3H3/t14-/m1/s1. The maximum Gasteiger partial charge on any atom is 0.148 e. The van der Waals surface area contributed by atoms with Gasteiger partial charge in [0, 0.05) is 18.2 Å². The number of ether oxygens (including phenoxy) is 1. The number of benzene rings is 2. The second kappa shape index (κ2) is 6.98. The molecular formula is C18H21NO. The van der Waals surface area contributed by atoms with Crippen molar-refractivity contribution in [2.75, 3.05) is 6.61 Å². The number of terminal acetylenes is 1. The number of nitrogens with one attached hydrogen (secondary N) is 1. The van der Waals surface area contributed by atoms with Gasteiger partial charge in [-0.1, -0.05) is 43.2 Å². The van der Waals surface area contributed by atoms with Crippen molar-refractivity contribution in [1.82, 2.24) is 5.32 Å². The van der Waals surface area contributed by atoms with Gasteiger partial charge in [0.15, 0.2) is 0 Å². The zero-order valence-corrected chi connectivity index (χ0v) is 12.1. The summed E-state index contributed by atoms with van der Waals surface area (Å²) in [5.74, 6) is 3.40. The van der Waals surface area contributed by atoms with E-state index in [9.17, 15) is 0 Å². The van der Waals surface area contributed by atoms with Crippen molar-refractivity contribution >= 4 is 10.8 Å². The van der Waals surface area contributed by atoms with E-state index >= 15 is 0 Å².